The highest BCUT2D eigenvalue weighted by Gasteiger charge is 2.38. The number of carbonyl (C=O) groups is 2. The smallest absolute Gasteiger partial charge is 0.326 e. The van der Waals surface area contributed by atoms with Gasteiger partial charge in [0.15, 0.2) is 0 Å². The molecule has 1 aliphatic heterocycles. The Labute approximate surface area is 116 Å². The number of nitro benzene ring substituents is 1. The average Bonchev–Trinajstić information content (AvgIpc) is 2.87. The Morgan fingerprint density at radius 1 is 1.38 bits per heavy atom. The highest BCUT2D eigenvalue weighted by atomic mass is 19.1. The summed E-state index contributed by atoms with van der Waals surface area (Å²) in [5.74, 6) is -5.34. The molecule has 1 atom stereocenters. The van der Waals surface area contributed by atoms with Crippen molar-refractivity contribution in [2.45, 2.75) is 18.9 Å². The van der Waals surface area contributed by atoms with E-state index in [1.54, 1.807) is 0 Å². The maximum absolute atomic E-state index is 13.9. The molecule has 2 rings (SSSR count). The third-order valence-electron chi connectivity index (χ3n) is 3.28. The van der Waals surface area contributed by atoms with E-state index in [4.69, 9.17) is 5.11 Å². The van der Waals surface area contributed by atoms with Crippen molar-refractivity contribution in [1.29, 1.82) is 0 Å². The van der Waals surface area contributed by atoms with E-state index in [1.807, 2.05) is 0 Å². The summed E-state index contributed by atoms with van der Waals surface area (Å²) in [5.41, 5.74) is -2.14. The largest absolute Gasteiger partial charge is 0.480 e. The summed E-state index contributed by atoms with van der Waals surface area (Å²) < 4.78 is 27.6. The molecule has 112 valence electrons. The van der Waals surface area contributed by atoms with Gasteiger partial charge in [0, 0.05) is 12.6 Å². The Hall–Kier alpha value is -2.58. The lowest BCUT2D eigenvalue weighted by atomic mass is 10.1. The molecular weight excluding hydrogens is 290 g/mol. The Kier molecular flexibility index (Phi) is 3.83. The van der Waals surface area contributed by atoms with E-state index in [0.717, 1.165) is 4.90 Å². The van der Waals surface area contributed by atoms with Gasteiger partial charge in [-0.1, -0.05) is 0 Å². The molecule has 1 aliphatic rings. The molecule has 1 unspecified atom stereocenters. The molecule has 0 spiro atoms. The molecule has 1 heterocycles. The number of halogens is 2. The Balaban J connectivity index is 2.46. The first kappa shape index (κ1) is 14.8. The molecule has 9 heteroatoms. The van der Waals surface area contributed by atoms with Crippen LogP contribution < -0.4 is 0 Å². The van der Waals surface area contributed by atoms with Crippen LogP contribution >= 0.6 is 0 Å². The van der Waals surface area contributed by atoms with Gasteiger partial charge >= 0.3 is 11.7 Å². The first-order valence-electron chi connectivity index (χ1n) is 6.00. The molecule has 1 N–H and O–H groups in total. The summed E-state index contributed by atoms with van der Waals surface area (Å²) in [7, 11) is 0. The summed E-state index contributed by atoms with van der Waals surface area (Å²) >= 11 is 0. The van der Waals surface area contributed by atoms with E-state index in [9.17, 15) is 28.5 Å². The molecule has 21 heavy (non-hydrogen) atoms. The number of aliphatic carboxylic acids is 1. The van der Waals surface area contributed by atoms with Crippen LogP contribution in [0.3, 0.4) is 0 Å². The van der Waals surface area contributed by atoms with Crippen LogP contribution in [0, 0.1) is 21.7 Å². The van der Waals surface area contributed by atoms with Crippen LogP contribution in [-0.4, -0.2) is 39.4 Å². The molecule has 0 saturated carbocycles. The second-order valence-corrected chi connectivity index (χ2v) is 4.51. The molecule has 0 radical (unpaired) electrons. The van der Waals surface area contributed by atoms with Crippen molar-refractivity contribution in [3.8, 4) is 0 Å². The first-order valence-corrected chi connectivity index (χ1v) is 6.00. The lowest BCUT2D eigenvalue weighted by Crippen LogP contribution is -2.41. The number of carbonyl (C=O) groups excluding carboxylic acids is 1. The SMILES string of the molecule is O=C(O)C1CCCN1C(=O)c1c(F)ccc([N+](=O)[O-])c1F. The predicted molar refractivity (Wildman–Crippen MR) is 64.7 cm³/mol. The fourth-order valence-electron chi connectivity index (χ4n) is 2.29. The number of amides is 1. The van der Waals surface area contributed by atoms with Gasteiger partial charge in [-0.2, -0.15) is 4.39 Å². The van der Waals surface area contributed by atoms with Gasteiger partial charge in [-0.15, -0.1) is 0 Å². The summed E-state index contributed by atoms with van der Waals surface area (Å²) in [6.07, 6.45) is 0.542. The van der Waals surface area contributed by atoms with E-state index < -0.39 is 45.7 Å². The van der Waals surface area contributed by atoms with Gasteiger partial charge in [-0.05, 0) is 18.9 Å². The van der Waals surface area contributed by atoms with Crippen molar-refractivity contribution in [3.05, 3.63) is 39.4 Å². The van der Waals surface area contributed by atoms with Crippen molar-refractivity contribution in [1.82, 2.24) is 4.90 Å². The molecule has 1 aromatic rings. The number of nitrogens with zero attached hydrogens (tertiary/aromatic N) is 2. The van der Waals surface area contributed by atoms with Crippen LogP contribution in [0.5, 0.6) is 0 Å². The van der Waals surface area contributed by atoms with Crippen molar-refractivity contribution < 1.29 is 28.4 Å². The molecule has 1 aromatic carbocycles. The van der Waals surface area contributed by atoms with E-state index in [-0.39, 0.29) is 13.0 Å². The van der Waals surface area contributed by atoms with Gasteiger partial charge in [-0.3, -0.25) is 14.9 Å². The zero-order valence-electron chi connectivity index (χ0n) is 10.6. The first-order chi connectivity index (χ1) is 9.84. The van der Waals surface area contributed by atoms with E-state index >= 15 is 0 Å². The molecule has 1 amide bonds. The normalized spacial score (nSPS) is 17.8. The third kappa shape index (κ3) is 2.54. The molecule has 1 fully saturated rings. The van der Waals surface area contributed by atoms with E-state index in [0.29, 0.717) is 18.6 Å². The maximum atomic E-state index is 13.9. The maximum Gasteiger partial charge on any atom is 0.326 e. The standard InChI is InChI=1S/C12H10F2N2O5/c13-6-3-4-7(16(20)21)10(14)9(6)11(17)15-5-1-2-8(15)12(18)19/h3-4,8H,1-2,5H2,(H,18,19). The molecule has 0 aliphatic carbocycles. The predicted octanol–water partition coefficient (Wildman–Crippen LogP) is 1.56. The summed E-state index contributed by atoms with van der Waals surface area (Å²) in [6, 6.07) is 0.0380. The van der Waals surface area contributed by atoms with Gasteiger partial charge in [0.1, 0.15) is 17.4 Å². The van der Waals surface area contributed by atoms with Gasteiger partial charge in [0.2, 0.25) is 5.82 Å². The number of nitro groups is 1. The lowest BCUT2D eigenvalue weighted by Gasteiger charge is -2.21. The summed E-state index contributed by atoms with van der Waals surface area (Å²) in [6.45, 7) is 0.0252. The molecular formula is C12H10F2N2O5. The molecule has 7 nitrogen and oxygen atoms in total. The molecule has 0 aromatic heterocycles. The topological polar surface area (TPSA) is 101 Å². The zero-order valence-corrected chi connectivity index (χ0v) is 10.6. The average molecular weight is 300 g/mol. The number of rotatable bonds is 3. The Bertz CT molecular complexity index is 634. The number of hydrogen-bond donors (Lipinski definition) is 1. The van der Waals surface area contributed by atoms with Gasteiger partial charge in [-0.25, -0.2) is 9.18 Å². The van der Waals surface area contributed by atoms with Crippen molar-refractivity contribution in [2.24, 2.45) is 0 Å². The Morgan fingerprint density at radius 2 is 2.05 bits per heavy atom. The highest BCUT2D eigenvalue weighted by Crippen LogP contribution is 2.27. The van der Waals surface area contributed by atoms with Gasteiger partial charge in [0.05, 0.1) is 4.92 Å². The van der Waals surface area contributed by atoms with Crippen LogP contribution in [-0.2, 0) is 4.79 Å². The minimum absolute atomic E-state index is 0.0252. The number of carboxylic acid groups (broad SMARTS) is 1. The van der Waals surface area contributed by atoms with E-state index in [2.05, 4.69) is 0 Å². The monoisotopic (exact) mass is 300 g/mol. The molecule has 0 bridgehead atoms. The minimum atomic E-state index is -1.60. The highest BCUT2D eigenvalue weighted by molar-refractivity contribution is 5.98. The molecule has 1 saturated heterocycles. The van der Waals surface area contributed by atoms with Crippen molar-refractivity contribution >= 4 is 17.6 Å². The zero-order chi connectivity index (χ0) is 15.7. The summed E-state index contributed by atoms with van der Waals surface area (Å²) in [4.78, 5) is 33.5. The van der Waals surface area contributed by atoms with Crippen LogP contribution in [0.15, 0.2) is 12.1 Å². The lowest BCUT2D eigenvalue weighted by molar-refractivity contribution is -0.387. The van der Waals surface area contributed by atoms with Crippen LogP contribution in [0.4, 0.5) is 14.5 Å². The van der Waals surface area contributed by atoms with E-state index in [1.165, 1.54) is 0 Å². The van der Waals surface area contributed by atoms with Gasteiger partial charge in [0.25, 0.3) is 5.91 Å². The fourth-order valence-corrected chi connectivity index (χ4v) is 2.29. The van der Waals surface area contributed by atoms with Crippen molar-refractivity contribution in [2.75, 3.05) is 6.54 Å². The number of hydrogen-bond acceptors (Lipinski definition) is 4. The third-order valence-corrected chi connectivity index (χ3v) is 3.28. The van der Waals surface area contributed by atoms with Crippen LogP contribution in [0.25, 0.3) is 0 Å². The second kappa shape index (κ2) is 5.43. The number of likely N-dealkylation sites (tertiary alicyclic amines) is 1. The van der Waals surface area contributed by atoms with Gasteiger partial charge < -0.3 is 10.0 Å². The minimum Gasteiger partial charge on any atom is -0.480 e. The quantitative estimate of drug-likeness (QED) is 0.674. The Morgan fingerprint density at radius 3 is 2.62 bits per heavy atom. The number of benzene rings is 1. The van der Waals surface area contributed by atoms with Crippen LogP contribution in [0.2, 0.25) is 0 Å². The second-order valence-electron chi connectivity index (χ2n) is 4.51. The van der Waals surface area contributed by atoms with Crippen molar-refractivity contribution in [3.63, 3.8) is 0 Å². The van der Waals surface area contributed by atoms with Crippen LogP contribution in [0.1, 0.15) is 23.2 Å². The number of carboxylic acids is 1. The summed E-state index contributed by atoms with van der Waals surface area (Å²) in [5, 5.41) is 19.6. The fraction of sp³-hybridized carbons (Fsp3) is 0.333.